The van der Waals surface area contributed by atoms with Crippen LogP contribution in [0.3, 0.4) is 0 Å². The number of hydrogen-bond donors (Lipinski definition) is 0. The van der Waals surface area contributed by atoms with Crippen LogP contribution in [0.4, 0.5) is 5.69 Å². The maximum atomic E-state index is 12.4. The number of nitrogens with zero attached hydrogens (tertiary/aromatic N) is 2. The van der Waals surface area contributed by atoms with Crippen molar-refractivity contribution < 1.29 is 14.3 Å². The van der Waals surface area contributed by atoms with Crippen LogP contribution in [0, 0.1) is 0 Å². The number of hydrogen-bond acceptors (Lipinski definition) is 3. The van der Waals surface area contributed by atoms with Crippen molar-refractivity contribution in [3.8, 4) is 0 Å². The van der Waals surface area contributed by atoms with Crippen LogP contribution in [0.1, 0.15) is 26.2 Å². The van der Waals surface area contributed by atoms with Crippen LogP contribution in [0.5, 0.6) is 0 Å². The van der Waals surface area contributed by atoms with Gasteiger partial charge in [0.1, 0.15) is 0 Å². The maximum absolute atomic E-state index is 12.4. The van der Waals surface area contributed by atoms with Gasteiger partial charge in [0.05, 0.1) is 6.10 Å². The lowest BCUT2D eigenvalue weighted by Gasteiger charge is -2.33. The van der Waals surface area contributed by atoms with E-state index in [0.29, 0.717) is 19.7 Å². The Bertz CT molecular complexity index is 504. The molecule has 1 heterocycles. The predicted molar refractivity (Wildman–Crippen MR) is 85.7 cm³/mol. The molecule has 22 heavy (non-hydrogen) atoms. The fraction of sp³-hybridized carbons (Fsp3) is 0.529. The number of carbonyl (C=O) groups is 2. The first-order chi connectivity index (χ1) is 10.6. The maximum Gasteiger partial charge on any atom is 0.316 e. The van der Waals surface area contributed by atoms with Crippen LogP contribution in [-0.4, -0.2) is 49.6 Å². The Morgan fingerprint density at radius 2 is 2.05 bits per heavy atom. The average molecular weight is 304 g/mol. The Labute approximate surface area is 131 Å². The van der Waals surface area contributed by atoms with Gasteiger partial charge >= 0.3 is 11.8 Å². The molecule has 2 rings (SSSR count). The van der Waals surface area contributed by atoms with E-state index in [1.807, 2.05) is 30.3 Å². The molecule has 1 saturated heterocycles. The van der Waals surface area contributed by atoms with Crippen molar-refractivity contribution in [1.29, 1.82) is 0 Å². The number of piperidine rings is 1. The first-order valence-corrected chi connectivity index (χ1v) is 7.87. The van der Waals surface area contributed by atoms with E-state index in [0.717, 1.165) is 24.9 Å². The summed E-state index contributed by atoms with van der Waals surface area (Å²) in [6.45, 7) is 3.89. The molecule has 2 amide bonds. The molecule has 120 valence electrons. The fourth-order valence-corrected chi connectivity index (χ4v) is 2.59. The van der Waals surface area contributed by atoms with Crippen molar-refractivity contribution in [2.75, 3.05) is 31.6 Å². The lowest BCUT2D eigenvalue weighted by atomic mass is 10.1. The molecule has 0 saturated carbocycles. The molecule has 0 radical (unpaired) electrons. The number of para-hydroxylation sites is 1. The van der Waals surface area contributed by atoms with Crippen LogP contribution in [0.2, 0.25) is 0 Å². The van der Waals surface area contributed by atoms with Gasteiger partial charge in [-0.15, -0.1) is 0 Å². The zero-order chi connectivity index (χ0) is 15.9. The summed E-state index contributed by atoms with van der Waals surface area (Å²) in [7, 11) is 1.63. The van der Waals surface area contributed by atoms with Crippen LogP contribution < -0.4 is 4.90 Å². The topological polar surface area (TPSA) is 49.9 Å². The number of benzene rings is 1. The van der Waals surface area contributed by atoms with E-state index in [4.69, 9.17) is 4.74 Å². The summed E-state index contributed by atoms with van der Waals surface area (Å²) in [6.07, 6.45) is 2.84. The summed E-state index contributed by atoms with van der Waals surface area (Å²) in [5, 5.41) is 0. The average Bonchev–Trinajstić information content (AvgIpc) is 2.59. The SMILES string of the molecule is CCCO[C@@H]1CCCN(C(=O)C(=O)N(C)c2ccccc2)C1. The van der Waals surface area contributed by atoms with E-state index in [-0.39, 0.29) is 6.10 Å². The van der Waals surface area contributed by atoms with Gasteiger partial charge < -0.3 is 14.5 Å². The third-order valence-corrected chi connectivity index (χ3v) is 3.85. The van der Waals surface area contributed by atoms with Crippen LogP contribution in [0.15, 0.2) is 30.3 Å². The Hall–Kier alpha value is -1.88. The van der Waals surface area contributed by atoms with Crippen molar-refractivity contribution in [3.05, 3.63) is 30.3 Å². The van der Waals surface area contributed by atoms with Crippen LogP contribution in [-0.2, 0) is 14.3 Å². The molecule has 0 N–H and O–H groups in total. The number of likely N-dealkylation sites (tertiary alicyclic amines) is 1. The van der Waals surface area contributed by atoms with Crippen molar-refractivity contribution in [2.24, 2.45) is 0 Å². The van der Waals surface area contributed by atoms with Crippen molar-refractivity contribution in [1.82, 2.24) is 4.90 Å². The normalized spacial score (nSPS) is 18.1. The molecule has 1 aliphatic heterocycles. The van der Waals surface area contributed by atoms with Gasteiger partial charge in [0.15, 0.2) is 0 Å². The quantitative estimate of drug-likeness (QED) is 0.800. The third kappa shape index (κ3) is 4.07. The summed E-state index contributed by atoms with van der Waals surface area (Å²) in [4.78, 5) is 27.8. The molecule has 5 heteroatoms. The molecule has 0 aromatic heterocycles. The highest BCUT2D eigenvalue weighted by atomic mass is 16.5. The number of ether oxygens (including phenoxy) is 1. The van der Waals surface area contributed by atoms with E-state index in [1.54, 1.807) is 11.9 Å². The van der Waals surface area contributed by atoms with Gasteiger partial charge in [-0.2, -0.15) is 0 Å². The summed E-state index contributed by atoms with van der Waals surface area (Å²) in [5.41, 5.74) is 0.719. The largest absolute Gasteiger partial charge is 0.376 e. The molecular formula is C17H24N2O3. The number of carbonyl (C=O) groups excluding carboxylic acids is 2. The number of amides is 2. The molecule has 5 nitrogen and oxygen atoms in total. The van der Waals surface area contributed by atoms with E-state index in [1.165, 1.54) is 4.90 Å². The minimum atomic E-state index is -0.498. The van der Waals surface area contributed by atoms with Crippen LogP contribution >= 0.6 is 0 Å². The molecule has 0 aliphatic carbocycles. The second kappa shape index (κ2) is 7.94. The molecule has 1 fully saturated rings. The minimum absolute atomic E-state index is 0.0486. The zero-order valence-electron chi connectivity index (χ0n) is 13.3. The fourth-order valence-electron chi connectivity index (χ4n) is 2.59. The highest BCUT2D eigenvalue weighted by Crippen LogP contribution is 2.16. The monoisotopic (exact) mass is 304 g/mol. The smallest absolute Gasteiger partial charge is 0.316 e. The van der Waals surface area contributed by atoms with E-state index in [2.05, 4.69) is 6.92 Å². The molecule has 1 atom stereocenters. The molecule has 0 bridgehead atoms. The lowest BCUT2D eigenvalue weighted by Crippen LogP contribution is -2.49. The second-order valence-electron chi connectivity index (χ2n) is 5.59. The second-order valence-corrected chi connectivity index (χ2v) is 5.59. The van der Waals surface area contributed by atoms with Gasteiger partial charge in [0, 0.05) is 32.4 Å². The zero-order valence-corrected chi connectivity index (χ0v) is 13.3. The summed E-state index contributed by atoms with van der Waals surface area (Å²) in [5.74, 6) is -0.946. The van der Waals surface area contributed by atoms with Gasteiger partial charge in [0.2, 0.25) is 0 Å². The predicted octanol–water partition coefficient (Wildman–Crippen LogP) is 2.07. The number of rotatable bonds is 4. The molecule has 0 unspecified atom stereocenters. The summed E-state index contributed by atoms with van der Waals surface area (Å²) < 4.78 is 5.72. The lowest BCUT2D eigenvalue weighted by molar-refractivity contribution is -0.146. The molecule has 0 spiro atoms. The van der Waals surface area contributed by atoms with Gasteiger partial charge in [-0.25, -0.2) is 0 Å². The Kier molecular flexibility index (Phi) is 5.95. The van der Waals surface area contributed by atoms with E-state index in [9.17, 15) is 9.59 Å². The van der Waals surface area contributed by atoms with Crippen molar-refractivity contribution in [3.63, 3.8) is 0 Å². The molecule has 1 aliphatic rings. The van der Waals surface area contributed by atoms with Crippen molar-refractivity contribution in [2.45, 2.75) is 32.3 Å². The highest BCUT2D eigenvalue weighted by molar-refractivity contribution is 6.40. The summed E-state index contributed by atoms with van der Waals surface area (Å²) >= 11 is 0. The molecule has 1 aromatic carbocycles. The van der Waals surface area contributed by atoms with Gasteiger partial charge in [-0.05, 0) is 31.4 Å². The van der Waals surface area contributed by atoms with Gasteiger partial charge in [-0.1, -0.05) is 25.1 Å². The Morgan fingerprint density at radius 1 is 1.32 bits per heavy atom. The van der Waals surface area contributed by atoms with Crippen LogP contribution in [0.25, 0.3) is 0 Å². The van der Waals surface area contributed by atoms with Crippen molar-refractivity contribution >= 4 is 17.5 Å². The summed E-state index contributed by atoms with van der Waals surface area (Å²) in [6, 6.07) is 9.20. The number of anilines is 1. The first-order valence-electron chi connectivity index (χ1n) is 7.87. The minimum Gasteiger partial charge on any atom is -0.376 e. The standard InChI is InChI=1S/C17H24N2O3/c1-3-12-22-15-10-7-11-19(13-15)17(21)16(20)18(2)14-8-5-4-6-9-14/h4-6,8-9,15H,3,7,10-13H2,1-2H3/t15-/m1/s1. The van der Waals surface area contributed by atoms with E-state index < -0.39 is 11.8 Å². The highest BCUT2D eigenvalue weighted by Gasteiger charge is 2.30. The first kappa shape index (κ1) is 16.5. The van der Waals surface area contributed by atoms with Gasteiger partial charge in [0.25, 0.3) is 0 Å². The Morgan fingerprint density at radius 3 is 2.73 bits per heavy atom. The Balaban J connectivity index is 1.96. The molecular weight excluding hydrogens is 280 g/mol. The number of likely N-dealkylation sites (N-methyl/N-ethyl adjacent to an activating group) is 1. The molecule has 1 aromatic rings. The van der Waals surface area contributed by atoms with E-state index >= 15 is 0 Å². The van der Waals surface area contributed by atoms with Gasteiger partial charge in [-0.3, -0.25) is 9.59 Å². The third-order valence-electron chi connectivity index (χ3n) is 3.85.